The van der Waals surface area contributed by atoms with Gasteiger partial charge in [0.25, 0.3) is 0 Å². The lowest BCUT2D eigenvalue weighted by molar-refractivity contribution is -0.119. The number of rotatable bonds is 6. The molecule has 3 heterocycles. The maximum Gasteiger partial charge on any atom is 0.227 e. The molecule has 2 aromatic rings. The Kier molecular flexibility index (Phi) is 7.01. The monoisotopic (exact) mass is 459 g/mol. The molecule has 2 aliphatic rings. The van der Waals surface area contributed by atoms with E-state index >= 15 is 0 Å². The second-order valence-corrected chi connectivity index (χ2v) is 8.84. The molecule has 1 aromatic carbocycles. The van der Waals surface area contributed by atoms with Crippen LogP contribution in [0, 0.1) is 0 Å². The lowest BCUT2D eigenvalue weighted by atomic mass is 10.1. The van der Waals surface area contributed by atoms with Crippen LogP contribution in [0.5, 0.6) is 5.75 Å². The van der Waals surface area contributed by atoms with E-state index in [0.29, 0.717) is 24.1 Å². The van der Waals surface area contributed by atoms with Crippen molar-refractivity contribution in [2.24, 2.45) is 0 Å². The minimum atomic E-state index is -0.0430. The van der Waals surface area contributed by atoms with Gasteiger partial charge in [-0.25, -0.2) is 4.98 Å². The molecule has 0 bridgehead atoms. The molecule has 8 nitrogen and oxygen atoms in total. The molecule has 9 heteroatoms. The molecule has 1 amide bonds. The van der Waals surface area contributed by atoms with Crippen molar-refractivity contribution in [1.29, 1.82) is 0 Å². The normalized spacial score (nSPS) is 22.0. The van der Waals surface area contributed by atoms with Crippen LogP contribution in [-0.4, -0.2) is 60.9 Å². The second kappa shape index (κ2) is 9.92. The third-order valence-electron chi connectivity index (χ3n) is 5.78. The van der Waals surface area contributed by atoms with Gasteiger partial charge in [-0.3, -0.25) is 4.79 Å². The fourth-order valence-corrected chi connectivity index (χ4v) is 4.37. The van der Waals surface area contributed by atoms with Gasteiger partial charge < -0.3 is 24.6 Å². The standard InChI is InChI=1S/C23H30ClN5O3/c1-15-13-29(10-11-31-15)23-25-12-21(24)22(27-23)28-9-8-20(14-28)32-19-6-4-18(5-7-19)16(2)26-17(3)30/h4-7,12,15-16,20H,8-11,13-14H2,1-3H3,(H,26,30)/t15?,16-,20+/m0/s1. The Morgan fingerprint density at radius 1 is 1.25 bits per heavy atom. The number of nitrogens with one attached hydrogen (secondary N) is 1. The summed E-state index contributed by atoms with van der Waals surface area (Å²) in [5.74, 6) is 2.21. The van der Waals surface area contributed by atoms with Crippen LogP contribution < -0.4 is 19.9 Å². The van der Waals surface area contributed by atoms with E-state index in [1.807, 2.05) is 31.2 Å². The molecule has 2 fully saturated rings. The van der Waals surface area contributed by atoms with Gasteiger partial charge in [-0.15, -0.1) is 0 Å². The van der Waals surface area contributed by atoms with E-state index in [0.717, 1.165) is 43.2 Å². The first-order valence-electron chi connectivity index (χ1n) is 11.1. The first-order valence-corrected chi connectivity index (χ1v) is 11.4. The number of benzene rings is 1. The summed E-state index contributed by atoms with van der Waals surface area (Å²) in [4.78, 5) is 24.8. The molecule has 172 valence electrons. The quantitative estimate of drug-likeness (QED) is 0.710. The number of carbonyl (C=O) groups is 1. The van der Waals surface area contributed by atoms with Gasteiger partial charge in [0.1, 0.15) is 16.9 Å². The summed E-state index contributed by atoms with van der Waals surface area (Å²) in [6, 6.07) is 7.84. The Morgan fingerprint density at radius 2 is 2.03 bits per heavy atom. The van der Waals surface area contributed by atoms with Crippen LogP contribution >= 0.6 is 11.6 Å². The van der Waals surface area contributed by atoms with Crippen LogP contribution in [0.2, 0.25) is 5.02 Å². The molecule has 2 saturated heterocycles. The highest BCUT2D eigenvalue weighted by Gasteiger charge is 2.28. The number of hydrogen-bond donors (Lipinski definition) is 1. The summed E-state index contributed by atoms with van der Waals surface area (Å²) >= 11 is 6.45. The average molecular weight is 460 g/mol. The first kappa shape index (κ1) is 22.6. The Morgan fingerprint density at radius 3 is 2.75 bits per heavy atom. The molecule has 1 unspecified atom stereocenters. The summed E-state index contributed by atoms with van der Waals surface area (Å²) in [7, 11) is 0. The Bertz CT molecular complexity index is 942. The summed E-state index contributed by atoms with van der Waals surface area (Å²) < 4.78 is 11.8. The molecule has 0 aliphatic carbocycles. The van der Waals surface area contributed by atoms with E-state index in [2.05, 4.69) is 27.0 Å². The largest absolute Gasteiger partial charge is 0.489 e. The average Bonchev–Trinajstić information content (AvgIpc) is 3.22. The zero-order valence-electron chi connectivity index (χ0n) is 18.8. The molecule has 2 aliphatic heterocycles. The summed E-state index contributed by atoms with van der Waals surface area (Å²) in [6.45, 7) is 9.27. The number of morpholine rings is 1. The van der Waals surface area contributed by atoms with E-state index in [9.17, 15) is 4.79 Å². The van der Waals surface area contributed by atoms with Crippen LogP contribution in [0.1, 0.15) is 38.8 Å². The van der Waals surface area contributed by atoms with E-state index in [-0.39, 0.29) is 24.2 Å². The number of nitrogens with zero attached hydrogens (tertiary/aromatic N) is 4. The minimum absolute atomic E-state index is 0.0351. The number of amides is 1. The molecular weight excluding hydrogens is 430 g/mol. The van der Waals surface area contributed by atoms with Crippen LogP contribution in [0.15, 0.2) is 30.5 Å². The number of halogens is 1. The third kappa shape index (κ3) is 5.42. The van der Waals surface area contributed by atoms with Crippen molar-refractivity contribution >= 4 is 29.3 Å². The van der Waals surface area contributed by atoms with Gasteiger partial charge in [0, 0.05) is 33.0 Å². The molecule has 3 atom stereocenters. The van der Waals surface area contributed by atoms with Gasteiger partial charge in [-0.2, -0.15) is 4.98 Å². The fourth-order valence-electron chi connectivity index (χ4n) is 4.16. The van der Waals surface area contributed by atoms with E-state index in [1.54, 1.807) is 6.20 Å². The smallest absolute Gasteiger partial charge is 0.227 e. The SMILES string of the molecule is CC(=O)N[C@@H](C)c1ccc(O[C@@H]2CCN(c3nc(N4CCOC(C)C4)ncc3Cl)C2)cc1. The van der Waals surface area contributed by atoms with Crippen LogP contribution in [0.4, 0.5) is 11.8 Å². The van der Waals surface area contributed by atoms with Crippen molar-refractivity contribution < 1.29 is 14.3 Å². The van der Waals surface area contributed by atoms with Gasteiger partial charge in [-0.1, -0.05) is 23.7 Å². The minimum Gasteiger partial charge on any atom is -0.489 e. The van der Waals surface area contributed by atoms with Crippen molar-refractivity contribution in [3.63, 3.8) is 0 Å². The maximum atomic E-state index is 11.3. The topological polar surface area (TPSA) is 79.8 Å². The molecule has 1 aromatic heterocycles. The van der Waals surface area contributed by atoms with Crippen molar-refractivity contribution in [2.45, 2.75) is 45.4 Å². The predicted molar refractivity (Wildman–Crippen MR) is 125 cm³/mol. The second-order valence-electron chi connectivity index (χ2n) is 8.43. The van der Waals surface area contributed by atoms with Crippen molar-refractivity contribution in [3.05, 3.63) is 41.0 Å². The Labute approximate surface area is 193 Å². The first-order chi connectivity index (χ1) is 15.4. The molecule has 0 saturated carbocycles. The lowest BCUT2D eigenvalue weighted by Gasteiger charge is -2.31. The zero-order valence-corrected chi connectivity index (χ0v) is 19.5. The van der Waals surface area contributed by atoms with E-state index in [4.69, 9.17) is 26.1 Å². The number of carbonyl (C=O) groups excluding carboxylic acids is 1. The lowest BCUT2D eigenvalue weighted by Crippen LogP contribution is -2.42. The van der Waals surface area contributed by atoms with Crippen molar-refractivity contribution in [2.75, 3.05) is 42.6 Å². The van der Waals surface area contributed by atoms with Crippen LogP contribution in [0.25, 0.3) is 0 Å². The Balaban J connectivity index is 1.38. The van der Waals surface area contributed by atoms with Gasteiger partial charge in [0.15, 0.2) is 5.82 Å². The molecule has 0 spiro atoms. The molecule has 0 radical (unpaired) electrons. The highest BCUT2D eigenvalue weighted by atomic mass is 35.5. The van der Waals surface area contributed by atoms with Crippen LogP contribution in [0.3, 0.4) is 0 Å². The maximum absolute atomic E-state index is 11.3. The van der Waals surface area contributed by atoms with E-state index in [1.165, 1.54) is 6.92 Å². The van der Waals surface area contributed by atoms with Crippen molar-refractivity contribution in [1.82, 2.24) is 15.3 Å². The number of hydrogen-bond acceptors (Lipinski definition) is 7. The fraction of sp³-hybridized carbons (Fsp3) is 0.522. The molecule has 1 N–H and O–H groups in total. The summed E-state index contributed by atoms with van der Waals surface area (Å²) in [5.41, 5.74) is 1.04. The van der Waals surface area contributed by atoms with E-state index < -0.39 is 0 Å². The third-order valence-corrected chi connectivity index (χ3v) is 6.05. The van der Waals surface area contributed by atoms with Crippen molar-refractivity contribution in [3.8, 4) is 5.75 Å². The molecule has 32 heavy (non-hydrogen) atoms. The van der Waals surface area contributed by atoms with Gasteiger partial charge in [0.05, 0.1) is 31.5 Å². The van der Waals surface area contributed by atoms with Gasteiger partial charge >= 0.3 is 0 Å². The number of anilines is 2. The molecular formula is C23H30ClN5O3. The number of aromatic nitrogens is 2. The Hall–Kier alpha value is -2.58. The number of ether oxygens (including phenoxy) is 2. The van der Waals surface area contributed by atoms with Gasteiger partial charge in [-0.05, 0) is 31.5 Å². The predicted octanol–water partition coefficient (Wildman–Crippen LogP) is 3.21. The summed E-state index contributed by atoms with van der Waals surface area (Å²) in [6.07, 6.45) is 2.77. The summed E-state index contributed by atoms with van der Waals surface area (Å²) in [5, 5.41) is 3.44. The highest BCUT2D eigenvalue weighted by Crippen LogP contribution is 2.30. The van der Waals surface area contributed by atoms with Gasteiger partial charge in [0.2, 0.25) is 11.9 Å². The highest BCUT2D eigenvalue weighted by molar-refractivity contribution is 6.32. The molecule has 4 rings (SSSR count). The zero-order chi connectivity index (χ0) is 22.7. The van der Waals surface area contributed by atoms with Crippen LogP contribution in [-0.2, 0) is 9.53 Å².